The van der Waals surface area contributed by atoms with Gasteiger partial charge in [-0.1, -0.05) is 12.1 Å². The summed E-state index contributed by atoms with van der Waals surface area (Å²) in [4.78, 5) is 26.4. The van der Waals surface area contributed by atoms with Gasteiger partial charge in [-0.05, 0) is 68.8 Å². The highest BCUT2D eigenvalue weighted by atomic mass is 19.1. The summed E-state index contributed by atoms with van der Waals surface area (Å²) < 4.78 is 34.8. The first-order valence-corrected chi connectivity index (χ1v) is 15.7. The lowest BCUT2D eigenvalue weighted by Gasteiger charge is -2.32. The Balaban J connectivity index is 1.11. The Morgan fingerprint density at radius 1 is 0.936 bits per heavy atom. The van der Waals surface area contributed by atoms with Crippen LogP contribution >= 0.6 is 0 Å². The number of anilines is 1. The van der Waals surface area contributed by atoms with Crippen LogP contribution in [-0.2, 0) is 0 Å². The zero-order valence-corrected chi connectivity index (χ0v) is 27.1. The number of ether oxygens (including phenoxy) is 3. The molecule has 0 unspecified atom stereocenters. The SMILES string of the molecule is COc1cc2c(Oc3ccc(NC(=O)c4cn(-c5cc(C)ccc5C)cn4)cc3F)ccnc2cc1OCCCN1CCN(C)CC1. The molecule has 10 nitrogen and oxygen atoms in total. The van der Waals surface area contributed by atoms with Crippen molar-refractivity contribution in [3.05, 3.63) is 96.0 Å². The average Bonchev–Trinajstić information content (AvgIpc) is 3.56. The van der Waals surface area contributed by atoms with Crippen LogP contribution in [0.5, 0.6) is 23.0 Å². The van der Waals surface area contributed by atoms with Crippen molar-refractivity contribution in [2.75, 3.05) is 58.8 Å². The second-order valence-electron chi connectivity index (χ2n) is 11.8. The zero-order chi connectivity index (χ0) is 32.9. The Morgan fingerprint density at radius 3 is 2.55 bits per heavy atom. The van der Waals surface area contributed by atoms with Gasteiger partial charge in [0, 0.05) is 74.0 Å². The number of pyridine rings is 1. The number of imidazole rings is 1. The Morgan fingerprint density at radius 2 is 1.77 bits per heavy atom. The predicted octanol–water partition coefficient (Wildman–Crippen LogP) is 6.25. The molecule has 5 aromatic rings. The maximum atomic E-state index is 15.3. The Kier molecular flexibility index (Phi) is 9.65. The number of rotatable bonds is 11. The Labute approximate surface area is 273 Å². The van der Waals surface area contributed by atoms with Gasteiger partial charge in [0.1, 0.15) is 17.8 Å². The summed E-state index contributed by atoms with van der Waals surface area (Å²) in [6, 6.07) is 15.6. The van der Waals surface area contributed by atoms with E-state index in [1.165, 1.54) is 12.1 Å². The molecule has 3 aromatic carbocycles. The van der Waals surface area contributed by atoms with Gasteiger partial charge >= 0.3 is 0 Å². The first-order chi connectivity index (χ1) is 22.8. The van der Waals surface area contributed by atoms with E-state index in [-0.39, 0.29) is 17.1 Å². The number of amides is 1. The lowest BCUT2D eigenvalue weighted by atomic mass is 10.1. The second kappa shape index (κ2) is 14.2. The third-order valence-corrected chi connectivity index (χ3v) is 8.33. The van der Waals surface area contributed by atoms with E-state index in [0.717, 1.165) is 56.0 Å². The van der Waals surface area contributed by atoms with E-state index >= 15 is 4.39 Å². The standard InChI is InChI=1S/C36H39FN6O4/c1-24-6-7-25(2)31(18-24)43-22-30(39-23-43)36(44)40-26-8-9-33(28(37)19-26)47-32-10-11-38-29-21-35(34(45-4)20-27(29)32)46-17-5-12-42-15-13-41(3)14-16-42/h6-11,18-23H,5,12-17H2,1-4H3,(H,40,44). The molecule has 3 heterocycles. The zero-order valence-electron chi connectivity index (χ0n) is 27.1. The van der Waals surface area contributed by atoms with E-state index in [9.17, 15) is 4.79 Å². The maximum absolute atomic E-state index is 15.3. The monoisotopic (exact) mass is 638 g/mol. The van der Waals surface area contributed by atoms with Crippen LogP contribution < -0.4 is 19.5 Å². The van der Waals surface area contributed by atoms with Gasteiger partial charge in [0.15, 0.2) is 23.1 Å². The van der Waals surface area contributed by atoms with E-state index in [1.54, 1.807) is 48.6 Å². The third kappa shape index (κ3) is 7.53. The predicted molar refractivity (Wildman–Crippen MR) is 180 cm³/mol. The van der Waals surface area contributed by atoms with Crippen molar-refractivity contribution in [2.24, 2.45) is 0 Å². The van der Waals surface area contributed by atoms with Crippen molar-refractivity contribution in [2.45, 2.75) is 20.3 Å². The van der Waals surface area contributed by atoms with Crippen LogP contribution in [0, 0.1) is 19.7 Å². The number of fused-ring (bicyclic) bond motifs is 1. The Bertz CT molecular complexity index is 1890. The van der Waals surface area contributed by atoms with Crippen LogP contribution in [0.2, 0.25) is 0 Å². The molecule has 0 bridgehead atoms. The molecular weight excluding hydrogens is 599 g/mol. The number of nitrogens with one attached hydrogen (secondary N) is 1. The van der Waals surface area contributed by atoms with Gasteiger partial charge in [-0.15, -0.1) is 0 Å². The fourth-order valence-electron chi connectivity index (χ4n) is 5.58. The highest BCUT2D eigenvalue weighted by Gasteiger charge is 2.17. The Hall–Kier alpha value is -5.00. The molecule has 1 aliphatic heterocycles. The number of likely N-dealkylation sites (N-methyl/N-ethyl adjacent to an activating group) is 1. The molecule has 0 aliphatic carbocycles. The average molecular weight is 639 g/mol. The number of piperazine rings is 1. The van der Waals surface area contributed by atoms with Crippen LogP contribution in [0.15, 0.2) is 73.3 Å². The minimum absolute atomic E-state index is 0.00195. The minimum atomic E-state index is -0.638. The molecule has 1 N–H and O–H groups in total. The van der Waals surface area contributed by atoms with Gasteiger partial charge in [0.2, 0.25) is 0 Å². The molecule has 47 heavy (non-hydrogen) atoms. The van der Waals surface area contributed by atoms with Crippen LogP contribution in [0.4, 0.5) is 10.1 Å². The van der Waals surface area contributed by atoms with E-state index in [2.05, 4.69) is 32.1 Å². The van der Waals surface area contributed by atoms with Crippen molar-refractivity contribution < 1.29 is 23.4 Å². The molecule has 0 spiro atoms. The molecule has 0 saturated carbocycles. The quantitative estimate of drug-likeness (QED) is 0.170. The molecule has 0 atom stereocenters. The van der Waals surface area contributed by atoms with Gasteiger partial charge in [-0.25, -0.2) is 9.37 Å². The van der Waals surface area contributed by atoms with E-state index in [1.807, 2.05) is 38.1 Å². The van der Waals surface area contributed by atoms with Crippen LogP contribution in [0.3, 0.4) is 0 Å². The van der Waals surface area contributed by atoms with E-state index in [0.29, 0.717) is 34.8 Å². The molecule has 1 amide bonds. The normalized spacial score (nSPS) is 13.9. The molecular formula is C36H39FN6O4. The summed E-state index contributed by atoms with van der Waals surface area (Å²) in [5, 5.41) is 3.36. The molecule has 244 valence electrons. The first-order valence-electron chi connectivity index (χ1n) is 15.7. The van der Waals surface area contributed by atoms with Crippen molar-refractivity contribution in [1.82, 2.24) is 24.3 Å². The third-order valence-electron chi connectivity index (χ3n) is 8.33. The van der Waals surface area contributed by atoms with Gasteiger partial charge in [-0.2, -0.15) is 0 Å². The number of methoxy groups -OCH3 is 1. The summed E-state index contributed by atoms with van der Waals surface area (Å²) in [5.74, 6) is 0.440. The van der Waals surface area contributed by atoms with Crippen molar-refractivity contribution in [1.29, 1.82) is 0 Å². The number of nitrogens with zero attached hydrogens (tertiary/aromatic N) is 5. The lowest BCUT2D eigenvalue weighted by Crippen LogP contribution is -2.44. The molecule has 1 aliphatic rings. The summed E-state index contributed by atoms with van der Waals surface area (Å²) >= 11 is 0. The maximum Gasteiger partial charge on any atom is 0.275 e. The first kappa shape index (κ1) is 32.0. The number of hydrogen-bond donors (Lipinski definition) is 1. The fourth-order valence-corrected chi connectivity index (χ4v) is 5.58. The number of benzene rings is 3. The number of aromatic nitrogens is 3. The summed E-state index contributed by atoms with van der Waals surface area (Å²) in [7, 11) is 3.73. The van der Waals surface area contributed by atoms with Crippen molar-refractivity contribution in [3.8, 4) is 28.7 Å². The van der Waals surface area contributed by atoms with Gasteiger partial charge in [0.05, 0.1) is 19.2 Å². The molecule has 1 saturated heterocycles. The molecule has 2 aromatic heterocycles. The van der Waals surface area contributed by atoms with Gasteiger partial charge < -0.3 is 33.9 Å². The van der Waals surface area contributed by atoms with Crippen LogP contribution in [0.1, 0.15) is 28.0 Å². The van der Waals surface area contributed by atoms with Crippen LogP contribution in [0.25, 0.3) is 16.6 Å². The lowest BCUT2D eigenvalue weighted by molar-refractivity contribution is 0.102. The molecule has 0 radical (unpaired) electrons. The largest absolute Gasteiger partial charge is 0.493 e. The summed E-state index contributed by atoms with van der Waals surface area (Å²) in [6.45, 7) is 9.84. The highest BCUT2D eigenvalue weighted by molar-refractivity contribution is 6.02. The van der Waals surface area contributed by atoms with E-state index in [4.69, 9.17) is 14.2 Å². The smallest absolute Gasteiger partial charge is 0.275 e. The van der Waals surface area contributed by atoms with Crippen molar-refractivity contribution in [3.63, 3.8) is 0 Å². The van der Waals surface area contributed by atoms with Crippen molar-refractivity contribution >= 4 is 22.5 Å². The van der Waals surface area contributed by atoms with Crippen LogP contribution in [-0.4, -0.2) is 83.7 Å². The second-order valence-corrected chi connectivity index (χ2v) is 11.8. The molecule has 11 heteroatoms. The highest BCUT2D eigenvalue weighted by Crippen LogP contribution is 2.38. The number of hydrogen-bond acceptors (Lipinski definition) is 8. The number of carbonyl (C=O) groups is 1. The minimum Gasteiger partial charge on any atom is -0.493 e. The van der Waals surface area contributed by atoms with Gasteiger partial charge in [-0.3, -0.25) is 9.78 Å². The summed E-state index contributed by atoms with van der Waals surface area (Å²) in [5.41, 5.74) is 4.20. The molecule has 6 rings (SSSR count). The number of carbonyl (C=O) groups excluding carboxylic acids is 1. The fraction of sp³-hybridized carbons (Fsp3) is 0.306. The van der Waals surface area contributed by atoms with E-state index < -0.39 is 11.7 Å². The molecule has 1 fully saturated rings. The van der Waals surface area contributed by atoms with Gasteiger partial charge in [0.25, 0.3) is 5.91 Å². The number of aryl methyl sites for hydroxylation is 2. The number of halogens is 1. The topological polar surface area (TPSA) is 94.0 Å². The summed E-state index contributed by atoms with van der Waals surface area (Å²) in [6.07, 6.45) is 5.74.